The molecular weight excluding hydrogens is 276 g/mol. The average Bonchev–Trinajstić information content (AvgIpc) is 2.97. The van der Waals surface area contributed by atoms with Crippen LogP contribution in [0.1, 0.15) is 11.1 Å². The van der Waals surface area contributed by atoms with Crippen molar-refractivity contribution in [3.8, 4) is 0 Å². The van der Waals surface area contributed by atoms with Crippen molar-refractivity contribution in [1.29, 1.82) is 0 Å². The highest BCUT2D eigenvalue weighted by Gasteiger charge is 2.13. The minimum atomic E-state index is -0.705. The van der Waals surface area contributed by atoms with Crippen molar-refractivity contribution >= 4 is 28.8 Å². The third-order valence-electron chi connectivity index (χ3n) is 2.71. The summed E-state index contributed by atoms with van der Waals surface area (Å²) in [5.41, 5.74) is 2.11. The Labute approximate surface area is 120 Å². The van der Waals surface area contributed by atoms with Gasteiger partial charge in [-0.25, -0.2) is 0 Å². The van der Waals surface area contributed by atoms with Crippen LogP contribution in [0.3, 0.4) is 0 Å². The minimum absolute atomic E-state index is 0.104. The van der Waals surface area contributed by atoms with Gasteiger partial charge in [0.2, 0.25) is 0 Å². The summed E-state index contributed by atoms with van der Waals surface area (Å²) in [5, 5.41) is 17.7. The molecule has 104 valence electrons. The van der Waals surface area contributed by atoms with Gasteiger partial charge in [-0.2, -0.15) is 11.3 Å². The van der Waals surface area contributed by atoms with E-state index in [1.165, 1.54) is 11.3 Å². The number of carbonyl (C=O) groups excluding carboxylic acids is 2. The maximum absolute atomic E-state index is 11.7. The topological polar surface area (TPSA) is 78.4 Å². The van der Waals surface area contributed by atoms with Crippen molar-refractivity contribution in [2.75, 3.05) is 5.32 Å². The summed E-state index contributed by atoms with van der Waals surface area (Å²) < 4.78 is 0. The predicted molar refractivity (Wildman–Crippen MR) is 77.2 cm³/mol. The number of nitrogens with one attached hydrogen (secondary N) is 2. The lowest BCUT2D eigenvalue weighted by Crippen LogP contribution is -2.35. The zero-order chi connectivity index (χ0) is 14.4. The third kappa shape index (κ3) is 3.66. The first kappa shape index (κ1) is 14.2. The SMILES string of the molecule is O=C(NCc1ccccc1CO)C(=O)Nc1ccsc1. The van der Waals surface area contributed by atoms with E-state index in [1.807, 2.05) is 11.4 Å². The summed E-state index contributed by atoms with van der Waals surface area (Å²) in [6.07, 6.45) is 0. The van der Waals surface area contributed by atoms with Crippen LogP contribution in [0.25, 0.3) is 0 Å². The number of aliphatic hydroxyl groups is 1. The minimum Gasteiger partial charge on any atom is -0.392 e. The fourth-order valence-corrected chi connectivity index (χ4v) is 2.25. The molecule has 5 nitrogen and oxygen atoms in total. The first-order valence-electron chi connectivity index (χ1n) is 5.99. The molecule has 2 amide bonds. The Hall–Kier alpha value is -2.18. The molecule has 0 bridgehead atoms. The zero-order valence-corrected chi connectivity index (χ0v) is 11.4. The molecule has 20 heavy (non-hydrogen) atoms. The molecule has 1 heterocycles. The van der Waals surface area contributed by atoms with Crippen LogP contribution in [0.2, 0.25) is 0 Å². The van der Waals surface area contributed by atoms with Gasteiger partial charge in [0.25, 0.3) is 0 Å². The normalized spacial score (nSPS) is 10.1. The number of carbonyl (C=O) groups is 2. The molecule has 0 aliphatic rings. The molecule has 0 aliphatic carbocycles. The summed E-state index contributed by atoms with van der Waals surface area (Å²) in [4.78, 5) is 23.3. The number of amides is 2. The third-order valence-corrected chi connectivity index (χ3v) is 3.40. The van der Waals surface area contributed by atoms with E-state index >= 15 is 0 Å². The van der Waals surface area contributed by atoms with Gasteiger partial charge in [-0.1, -0.05) is 24.3 Å². The monoisotopic (exact) mass is 290 g/mol. The standard InChI is InChI=1S/C14H14N2O3S/c17-8-11-4-2-1-3-10(11)7-15-13(18)14(19)16-12-5-6-20-9-12/h1-6,9,17H,7-8H2,(H,15,18)(H,16,19). The van der Waals surface area contributed by atoms with Crippen LogP contribution in [0.5, 0.6) is 0 Å². The lowest BCUT2D eigenvalue weighted by molar-refractivity contribution is -0.136. The molecule has 2 aromatic rings. The molecule has 0 saturated carbocycles. The average molecular weight is 290 g/mol. The van der Waals surface area contributed by atoms with Gasteiger partial charge in [0.1, 0.15) is 0 Å². The summed E-state index contributed by atoms with van der Waals surface area (Å²) in [5.74, 6) is -1.41. The van der Waals surface area contributed by atoms with Crippen LogP contribution < -0.4 is 10.6 Å². The Balaban J connectivity index is 1.90. The van der Waals surface area contributed by atoms with Gasteiger partial charge in [-0.05, 0) is 22.6 Å². The molecular formula is C14H14N2O3S. The number of benzene rings is 1. The van der Waals surface area contributed by atoms with E-state index in [0.717, 1.165) is 11.1 Å². The quantitative estimate of drug-likeness (QED) is 0.747. The maximum atomic E-state index is 11.7. The number of thiophene rings is 1. The maximum Gasteiger partial charge on any atom is 0.313 e. The van der Waals surface area contributed by atoms with E-state index in [9.17, 15) is 14.7 Å². The summed E-state index contributed by atoms with van der Waals surface area (Å²) in [6, 6.07) is 8.90. The smallest absolute Gasteiger partial charge is 0.313 e. The van der Waals surface area contributed by atoms with Crippen molar-refractivity contribution in [3.63, 3.8) is 0 Å². The molecule has 0 spiro atoms. The van der Waals surface area contributed by atoms with E-state index in [1.54, 1.807) is 29.6 Å². The summed E-state index contributed by atoms with van der Waals surface area (Å²) >= 11 is 1.43. The highest BCUT2D eigenvalue weighted by atomic mass is 32.1. The Morgan fingerprint density at radius 2 is 1.85 bits per heavy atom. The molecule has 2 rings (SSSR count). The van der Waals surface area contributed by atoms with Gasteiger partial charge in [-0.15, -0.1) is 0 Å². The Morgan fingerprint density at radius 3 is 2.50 bits per heavy atom. The lowest BCUT2D eigenvalue weighted by Gasteiger charge is -2.08. The van der Waals surface area contributed by atoms with E-state index in [2.05, 4.69) is 10.6 Å². The second-order valence-electron chi connectivity index (χ2n) is 4.08. The fraction of sp³-hybridized carbons (Fsp3) is 0.143. The Kier molecular flexibility index (Phi) is 4.86. The number of hydrogen-bond acceptors (Lipinski definition) is 4. The van der Waals surface area contributed by atoms with Crippen molar-refractivity contribution in [3.05, 3.63) is 52.2 Å². The van der Waals surface area contributed by atoms with Crippen molar-refractivity contribution in [2.45, 2.75) is 13.2 Å². The predicted octanol–water partition coefficient (Wildman–Crippen LogP) is 1.50. The zero-order valence-electron chi connectivity index (χ0n) is 10.6. The number of hydrogen-bond donors (Lipinski definition) is 3. The van der Waals surface area contributed by atoms with Crippen LogP contribution in [0.15, 0.2) is 41.1 Å². The Bertz CT molecular complexity index is 596. The van der Waals surface area contributed by atoms with Crippen molar-refractivity contribution in [2.24, 2.45) is 0 Å². The molecule has 1 aromatic heterocycles. The summed E-state index contributed by atoms with van der Waals surface area (Å²) in [7, 11) is 0. The van der Waals surface area contributed by atoms with E-state index in [0.29, 0.717) is 5.69 Å². The van der Waals surface area contributed by atoms with Gasteiger partial charge < -0.3 is 15.7 Å². The van der Waals surface area contributed by atoms with Gasteiger partial charge >= 0.3 is 11.8 Å². The van der Waals surface area contributed by atoms with Gasteiger partial charge in [0, 0.05) is 11.9 Å². The lowest BCUT2D eigenvalue weighted by atomic mass is 10.1. The molecule has 0 atom stereocenters. The molecule has 6 heteroatoms. The van der Waals surface area contributed by atoms with Crippen LogP contribution in [-0.4, -0.2) is 16.9 Å². The van der Waals surface area contributed by atoms with E-state index < -0.39 is 11.8 Å². The van der Waals surface area contributed by atoms with Crippen LogP contribution in [-0.2, 0) is 22.7 Å². The Morgan fingerprint density at radius 1 is 1.10 bits per heavy atom. The van der Waals surface area contributed by atoms with Gasteiger partial charge in [0.05, 0.1) is 12.3 Å². The van der Waals surface area contributed by atoms with E-state index in [4.69, 9.17) is 0 Å². The largest absolute Gasteiger partial charge is 0.392 e. The second-order valence-corrected chi connectivity index (χ2v) is 4.86. The molecule has 3 N–H and O–H groups in total. The molecule has 0 fully saturated rings. The summed E-state index contributed by atoms with van der Waals surface area (Å²) in [6.45, 7) is 0.0970. The highest BCUT2D eigenvalue weighted by molar-refractivity contribution is 7.08. The second kappa shape index (κ2) is 6.83. The van der Waals surface area contributed by atoms with Crippen LogP contribution >= 0.6 is 11.3 Å². The van der Waals surface area contributed by atoms with Gasteiger partial charge in [0.15, 0.2) is 0 Å². The first-order valence-corrected chi connectivity index (χ1v) is 6.94. The highest BCUT2D eigenvalue weighted by Crippen LogP contribution is 2.11. The van der Waals surface area contributed by atoms with E-state index in [-0.39, 0.29) is 13.2 Å². The number of rotatable bonds is 4. The molecule has 0 unspecified atom stereocenters. The van der Waals surface area contributed by atoms with Crippen molar-refractivity contribution < 1.29 is 14.7 Å². The molecule has 1 aromatic carbocycles. The number of aliphatic hydroxyl groups excluding tert-OH is 1. The molecule has 0 radical (unpaired) electrons. The molecule has 0 aliphatic heterocycles. The molecule has 0 saturated heterocycles. The number of anilines is 1. The fourth-order valence-electron chi connectivity index (χ4n) is 1.66. The first-order chi connectivity index (χ1) is 9.70. The van der Waals surface area contributed by atoms with Crippen molar-refractivity contribution in [1.82, 2.24) is 5.32 Å². The van der Waals surface area contributed by atoms with Crippen LogP contribution in [0, 0.1) is 0 Å². The van der Waals surface area contributed by atoms with Gasteiger partial charge in [-0.3, -0.25) is 9.59 Å². The van der Waals surface area contributed by atoms with Crippen LogP contribution in [0.4, 0.5) is 5.69 Å².